The molecule has 132 valence electrons. The van der Waals surface area contributed by atoms with Gasteiger partial charge < -0.3 is 16.4 Å². The third kappa shape index (κ3) is 2.65. The van der Waals surface area contributed by atoms with Crippen molar-refractivity contribution in [2.75, 3.05) is 11.9 Å². The number of nitrogens with two attached hydrogens (primary N) is 1. The third-order valence-electron chi connectivity index (χ3n) is 5.14. The first-order valence-electron chi connectivity index (χ1n) is 8.54. The molecule has 1 aliphatic heterocycles. The number of fused-ring (bicyclic) bond motifs is 3. The second kappa shape index (κ2) is 5.96. The van der Waals surface area contributed by atoms with Crippen molar-refractivity contribution in [3.63, 3.8) is 0 Å². The number of rotatable bonds is 3. The van der Waals surface area contributed by atoms with Crippen LogP contribution >= 0.6 is 11.3 Å². The van der Waals surface area contributed by atoms with Crippen molar-refractivity contribution < 1.29 is 9.59 Å². The largest absolute Gasteiger partial charge is 0.365 e. The van der Waals surface area contributed by atoms with Crippen LogP contribution in [0, 0.1) is 0 Å². The van der Waals surface area contributed by atoms with E-state index in [0.717, 1.165) is 60.3 Å². The fourth-order valence-corrected chi connectivity index (χ4v) is 4.90. The maximum atomic E-state index is 12.8. The molecular weight excluding hydrogens is 338 g/mol. The van der Waals surface area contributed by atoms with Crippen LogP contribution in [-0.2, 0) is 17.6 Å². The fraction of sp³-hybridized carbons (Fsp3) is 0.471. The first-order chi connectivity index (χ1) is 12.0. The molecule has 1 unspecified atom stereocenters. The molecule has 0 bridgehead atoms. The van der Waals surface area contributed by atoms with Gasteiger partial charge in [0.2, 0.25) is 5.91 Å². The number of primary amides is 1. The number of H-pyrrole nitrogens is 1. The van der Waals surface area contributed by atoms with Gasteiger partial charge in [0.1, 0.15) is 4.88 Å². The number of hydrogen-bond acceptors (Lipinski definition) is 5. The van der Waals surface area contributed by atoms with E-state index in [2.05, 4.69) is 20.8 Å². The average Bonchev–Trinajstić information content (AvgIpc) is 3.26. The Bertz CT molecular complexity index is 847. The Labute approximate surface area is 149 Å². The highest BCUT2D eigenvalue weighted by Crippen LogP contribution is 2.44. The van der Waals surface area contributed by atoms with E-state index in [1.807, 2.05) is 13.1 Å². The smallest absolute Gasteiger partial charge is 0.260 e. The summed E-state index contributed by atoms with van der Waals surface area (Å²) in [6.45, 7) is 2.73. The normalized spacial score (nSPS) is 22.1. The minimum absolute atomic E-state index is 0.107. The van der Waals surface area contributed by atoms with Crippen LogP contribution in [0.15, 0.2) is 6.20 Å². The SMILES string of the molecule is CC1(C(=O)Nc2c(C(N)=O)sc3c2CCCc2n[nH]cc2-3)CCCN1. The van der Waals surface area contributed by atoms with Crippen LogP contribution in [0.5, 0.6) is 0 Å². The Kier molecular flexibility index (Phi) is 3.88. The van der Waals surface area contributed by atoms with E-state index in [-0.39, 0.29) is 5.91 Å². The van der Waals surface area contributed by atoms with Crippen molar-refractivity contribution in [1.29, 1.82) is 0 Å². The van der Waals surface area contributed by atoms with E-state index in [1.165, 1.54) is 11.3 Å². The van der Waals surface area contributed by atoms with Gasteiger partial charge in [-0.25, -0.2) is 0 Å². The van der Waals surface area contributed by atoms with Crippen LogP contribution in [0.1, 0.15) is 47.1 Å². The van der Waals surface area contributed by atoms with Crippen molar-refractivity contribution in [3.05, 3.63) is 22.3 Å². The number of aromatic nitrogens is 2. The molecule has 1 saturated heterocycles. The number of carbonyl (C=O) groups excluding carboxylic acids is 2. The van der Waals surface area contributed by atoms with E-state index in [4.69, 9.17) is 5.73 Å². The molecule has 2 aromatic rings. The van der Waals surface area contributed by atoms with E-state index in [9.17, 15) is 9.59 Å². The van der Waals surface area contributed by atoms with Gasteiger partial charge in [0.15, 0.2) is 0 Å². The van der Waals surface area contributed by atoms with Crippen LogP contribution in [0.25, 0.3) is 10.4 Å². The number of thiophene rings is 1. The summed E-state index contributed by atoms with van der Waals surface area (Å²) in [4.78, 5) is 26.2. The number of aromatic amines is 1. The molecule has 0 saturated carbocycles. The number of carbonyl (C=O) groups is 2. The second-order valence-corrected chi connectivity index (χ2v) is 7.91. The van der Waals surface area contributed by atoms with Gasteiger partial charge in [0, 0.05) is 16.6 Å². The molecule has 8 heteroatoms. The number of nitrogens with zero attached hydrogens (tertiary/aromatic N) is 1. The van der Waals surface area contributed by atoms with Gasteiger partial charge >= 0.3 is 0 Å². The van der Waals surface area contributed by atoms with E-state index < -0.39 is 11.4 Å². The number of anilines is 1. The first kappa shape index (κ1) is 16.3. The third-order valence-corrected chi connectivity index (χ3v) is 6.42. The summed E-state index contributed by atoms with van der Waals surface area (Å²) in [6, 6.07) is 0. The highest BCUT2D eigenvalue weighted by Gasteiger charge is 2.37. The van der Waals surface area contributed by atoms with Gasteiger partial charge in [-0.05, 0) is 51.1 Å². The Hall–Kier alpha value is -2.19. The number of hydrogen-bond donors (Lipinski definition) is 4. The van der Waals surface area contributed by atoms with E-state index >= 15 is 0 Å². The minimum Gasteiger partial charge on any atom is -0.365 e. The highest BCUT2D eigenvalue weighted by molar-refractivity contribution is 7.18. The zero-order valence-electron chi connectivity index (χ0n) is 14.1. The summed E-state index contributed by atoms with van der Waals surface area (Å²) in [5, 5.41) is 13.5. The lowest BCUT2D eigenvalue weighted by Gasteiger charge is -2.23. The molecule has 1 aliphatic carbocycles. The lowest BCUT2D eigenvalue weighted by molar-refractivity contribution is -0.121. The summed E-state index contributed by atoms with van der Waals surface area (Å²) in [5.74, 6) is -0.618. The Balaban J connectivity index is 1.78. The summed E-state index contributed by atoms with van der Waals surface area (Å²) in [5.41, 5.74) is 8.59. The lowest BCUT2D eigenvalue weighted by Crippen LogP contribution is -2.48. The van der Waals surface area contributed by atoms with E-state index in [1.54, 1.807) is 0 Å². The van der Waals surface area contributed by atoms with Crippen LogP contribution < -0.4 is 16.4 Å². The molecule has 5 N–H and O–H groups in total. The molecule has 0 radical (unpaired) electrons. The molecule has 25 heavy (non-hydrogen) atoms. The maximum absolute atomic E-state index is 12.8. The molecule has 0 spiro atoms. The Morgan fingerprint density at radius 1 is 1.36 bits per heavy atom. The van der Waals surface area contributed by atoms with Crippen molar-refractivity contribution in [2.45, 2.75) is 44.6 Å². The Morgan fingerprint density at radius 2 is 2.20 bits per heavy atom. The van der Waals surface area contributed by atoms with E-state index in [0.29, 0.717) is 10.6 Å². The zero-order chi connectivity index (χ0) is 17.6. The van der Waals surface area contributed by atoms with Gasteiger partial charge in [-0.3, -0.25) is 14.7 Å². The van der Waals surface area contributed by atoms with Gasteiger partial charge in [-0.1, -0.05) is 0 Å². The first-order valence-corrected chi connectivity index (χ1v) is 9.36. The fourth-order valence-electron chi connectivity index (χ4n) is 3.70. The number of aryl methyl sites for hydroxylation is 1. The van der Waals surface area contributed by atoms with Crippen molar-refractivity contribution in [1.82, 2.24) is 15.5 Å². The summed E-state index contributed by atoms with van der Waals surface area (Å²) in [7, 11) is 0. The zero-order valence-corrected chi connectivity index (χ0v) is 14.9. The summed E-state index contributed by atoms with van der Waals surface area (Å²) >= 11 is 1.34. The minimum atomic E-state index is -0.602. The predicted octanol–water partition coefficient (Wildman–Crippen LogP) is 1.81. The Morgan fingerprint density at radius 3 is 2.92 bits per heavy atom. The molecule has 1 fully saturated rings. The van der Waals surface area contributed by atoms with Gasteiger partial charge in [0.25, 0.3) is 5.91 Å². The molecule has 2 amide bonds. The monoisotopic (exact) mass is 359 g/mol. The van der Waals surface area contributed by atoms with Gasteiger partial charge in [-0.15, -0.1) is 11.3 Å². The molecule has 7 nitrogen and oxygen atoms in total. The summed E-state index contributed by atoms with van der Waals surface area (Å²) in [6.07, 6.45) is 6.17. The molecule has 2 aliphatic rings. The van der Waals surface area contributed by atoms with Crippen LogP contribution in [-0.4, -0.2) is 34.1 Å². The summed E-state index contributed by atoms with van der Waals surface area (Å²) < 4.78 is 0. The number of amides is 2. The average molecular weight is 359 g/mol. The molecule has 2 aromatic heterocycles. The molecular formula is C17H21N5O2S. The number of nitrogens with one attached hydrogen (secondary N) is 3. The van der Waals surface area contributed by atoms with Crippen molar-refractivity contribution in [2.24, 2.45) is 5.73 Å². The topological polar surface area (TPSA) is 113 Å². The highest BCUT2D eigenvalue weighted by atomic mass is 32.1. The van der Waals surface area contributed by atoms with Crippen LogP contribution in [0.4, 0.5) is 5.69 Å². The molecule has 1 atom stereocenters. The van der Waals surface area contributed by atoms with Gasteiger partial charge in [-0.2, -0.15) is 5.10 Å². The van der Waals surface area contributed by atoms with Crippen LogP contribution in [0.2, 0.25) is 0 Å². The molecule has 4 rings (SSSR count). The van der Waals surface area contributed by atoms with Gasteiger partial charge in [0.05, 0.1) is 16.9 Å². The predicted molar refractivity (Wildman–Crippen MR) is 96.7 cm³/mol. The van der Waals surface area contributed by atoms with Crippen molar-refractivity contribution in [3.8, 4) is 10.4 Å². The van der Waals surface area contributed by atoms with Crippen LogP contribution in [0.3, 0.4) is 0 Å². The molecule has 0 aromatic carbocycles. The standard InChI is InChI=1S/C17H21N5O2S/c1-17(6-3-7-19-17)16(24)21-12-9-4-2-5-11-10(8-20-22-11)13(9)25-14(12)15(18)23/h8,19H,2-7H2,1H3,(H2,18,23)(H,20,22)(H,21,24). The lowest BCUT2D eigenvalue weighted by atomic mass is 9.98. The van der Waals surface area contributed by atoms with Crippen molar-refractivity contribution >= 4 is 28.8 Å². The molecule has 3 heterocycles. The maximum Gasteiger partial charge on any atom is 0.260 e. The second-order valence-electron chi connectivity index (χ2n) is 6.89. The quantitative estimate of drug-likeness (QED) is 0.669.